The highest BCUT2D eigenvalue weighted by molar-refractivity contribution is 5.15. The topological polar surface area (TPSA) is 29.5 Å². The lowest BCUT2D eigenvalue weighted by Crippen LogP contribution is -1.95. The Kier molecular flexibility index (Phi) is 5.57. The molecule has 0 spiro atoms. The average molecular weight is 156 g/mol. The fourth-order valence-electron chi connectivity index (χ4n) is 0.532. The molecule has 0 unspecified atom stereocenters. The summed E-state index contributed by atoms with van der Waals surface area (Å²) in [6, 6.07) is 0. The minimum Gasteiger partial charge on any atom is -0.494 e. The number of aliphatic hydroxyl groups excluding tert-OH is 1. The van der Waals surface area contributed by atoms with E-state index in [4.69, 9.17) is 9.84 Å². The molecule has 2 heteroatoms. The van der Waals surface area contributed by atoms with Gasteiger partial charge in [0.15, 0.2) is 0 Å². The summed E-state index contributed by atoms with van der Waals surface area (Å²) in [4.78, 5) is 0. The Morgan fingerprint density at radius 2 is 2.00 bits per heavy atom. The van der Waals surface area contributed by atoms with E-state index in [1.54, 1.807) is 0 Å². The van der Waals surface area contributed by atoms with E-state index in [9.17, 15) is 0 Å². The van der Waals surface area contributed by atoms with Crippen LogP contribution in [0.3, 0.4) is 0 Å². The molecule has 0 heterocycles. The van der Waals surface area contributed by atoms with Crippen molar-refractivity contribution >= 4 is 0 Å². The van der Waals surface area contributed by atoms with Crippen molar-refractivity contribution in [3.05, 3.63) is 24.5 Å². The highest BCUT2D eigenvalue weighted by Crippen LogP contribution is 2.05. The normalized spacial score (nSPS) is 9.27. The van der Waals surface area contributed by atoms with Crippen LogP contribution in [0.4, 0.5) is 0 Å². The smallest absolute Gasteiger partial charge is 0.114 e. The highest BCUT2D eigenvalue weighted by atomic mass is 16.5. The van der Waals surface area contributed by atoms with Gasteiger partial charge in [0, 0.05) is 6.61 Å². The zero-order valence-electron chi connectivity index (χ0n) is 7.10. The van der Waals surface area contributed by atoms with Crippen LogP contribution in [0, 0.1) is 0 Å². The fraction of sp³-hybridized carbons (Fsp3) is 0.556. The second kappa shape index (κ2) is 5.98. The van der Waals surface area contributed by atoms with Crippen molar-refractivity contribution in [2.75, 3.05) is 13.2 Å². The number of aliphatic hydroxyl groups is 1. The lowest BCUT2D eigenvalue weighted by molar-refractivity contribution is 0.199. The average Bonchev–Trinajstić information content (AvgIpc) is 1.97. The molecule has 0 rings (SSSR count). The van der Waals surface area contributed by atoms with Gasteiger partial charge in [-0.2, -0.15) is 0 Å². The van der Waals surface area contributed by atoms with Gasteiger partial charge in [-0.1, -0.05) is 13.2 Å². The predicted octanol–water partition coefficient (Wildman–Crippen LogP) is 1.87. The molecule has 64 valence electrons. The molecular formula is C9H16O2. The first-order chi connectivity index (χ1) is 5.18. The summed E-state index contributed by atoms with van der Waals surface area (Å²) in [6.45, 7) is 10.0. The first-order valence-electron chi connectivity index (χ1n) is 3.77. The van der Waals surface area contributed by atoms with Gasteiger partial charge in [0.25, 0.3) is 0 Å². The summed E-state index contributed by atoms with van der Waals surface area (Å²) < 4.78 is 5.20. The van der Waals surface area contributed by atoms with Gasteiger partial charge in [0.2, 0.25) is 0 Å². The van der Waals surface area contributed by atoms with E-state index < -0.39 is 0 Å². The van der Waals surface area contributed by atoms with Crippen LogP contribution in [0.25, 0.3) is 0 Å². The predicted molar refractivity (Wildman–Crippen MR) is 46.2 cm³/mol. The number of unbranched alkanes of at least 4 members (excludes halogenated alkanes) is 1. The van der Waals surface area contributed by atoms with E-state index in [-0.39, 0.29) is 6.61 Å². The minimum absolute atomic E-state index is 0.225. The Morgan fingerprint density at radius 3 is 2.45 bits per heavy atom. The molecule has 0 aromatic heterocycles. The third-order valence-corrected chi connectivity index (χ3v) is 1.30. The Hall–Kier alpha value is -0.760. The van der Waals surface area contributed by atoms with Crippen LogP contribution >= 0.6 is 0 Å². The fourth-order valence-corrected chi connectivity index (χ4v) is 0.532. The molecule has 0 saturated carbocycles. The summed E-state index contributed by atoms with van der Waals surface area (Å²) >= 11 is 0. The van der Waals surface area contributed by atoms with Crippen molar-refractivity contribution in [1.29, 1.82) is 0 Å². The molecule has 0 radical (unpaired) electrons. The van der Waals surface area contributed by atoms with Crippen LogP contribution in [0.2, 0.25) is 0 Å². The van der Waals surface area contributed by atoms with Gasteiger partial charge >= 0.3 is 0 Å². The standard InChI is InChI=1S/C9H16O2/c1-8(2)9(3)11-7-5-4-6-10/h10H,1,3-7H2,2H3. The van der Waals surface area contributed by atoms with E-state index in [1.807, 2.05) is 6.92 Å². The maximum Gasteiger partial charge on any atom is 0.114 e. The van der Waals surface area contributed by atoms with Crippen LogP contribution in [0.1, 0.15) is 19.8 Å². The van der Waals surface area contributed by atoms with E-state index in [1.165, 1.54) is 0 Å². The van der Waals surface area contributed by atoms with Crippen LogP contribution < -0.4 is 0 Å². The number of rotatable bonds is 6. The van der Waals surface area contributed by atoms with Gasteiger partial charge in [-0.25, -0.2) is 0 Å². The van der Waals surface area contributed by atoms with Gasteiger partial charge in [-0.05, 0) is 25.3 Å². The Labute approximate surface area is 68.2 Å². The van der Waals surface area contributed by atoms with Crippen molar-refractivity contribution in [3.8, 4) is 0 Å². The number of hydrogen-bond donors (Lipinski definition) is 1. The highest BCUT2D eigenvalue weighted by Gasteiger charge is 1.93. The van der Waals surface area contributed by atoms with Crippen LogP contribution in [-0.2, 0) is 4.74 Å². The summed E-state index contributed by atoms with van der Waals surface area (Å²) in [5, 5.41) is 8.45. The Bertz CT molecular complexity index is 138. The van der Waals surface area contributed by atoms with Crippen LogP contribution in [-0.4, -0.2) is 18.3 Å². The molecular weight excluding hydrogens is 140 g/mol. The van der Waals surface area contributed by atoms with Crippen molar-refractivity contribution in [2.24, 2.45) is 0 Å². The van der Waals surface area contributed by atoms with E-state index in [0.29, 0.717) is 12.4 Å². The van der Waals surface area contributed by atoms with E-state index in [0.717, 1.165) is 18.4 Å². The lowest BCUT2D eigenvalue weighted by atomic mass is 10.3. The summed E-state index contributed by atoms with van der Waals surface area (Å²) in [5.74, 6) is 0.642. The third kappa shape index (κ3) is 5.67. The monoisotopic (exact) mass is 156 g/mol. The molecule has 0 aliphatic heterocycles. The van der Waals surface area contributed by atoms with E-state index in [2.05, 4.69) is 13.2 Å². The molecule has 0 bridgehead atoms. The van der Waals surface area contributed by atoms with Gasteiger partial charge in [0.1, 0.15) is 5.76 Å². The molecule has 0 aromatic rings. The van der Waals surface area contributed by atoms with Crippen LogP contribution in [0.5, 0.6) is 0 Å². The van der Waals surface area contributed by atoms with Crippen LogP contribution in [0.15, 0.2) is 24.5 Å². The molecule has 11 heavy (non-hydrogen) atoms. The first kappa shape index (κ1) is 10.2. The zero-order valence-corrected chi connectivity index (χ0v) is 7.10. The Balaban J connectivity index is 3.25. The minimum atomic E-state index is 0.225. The van der Waals surface area contributed by atoms with Gasteiger partial charge in [-0.15, -0.1) is 0 Å². The summed E-state index contributed by atoms with van der Waals surface area (Å²) in [7, 11) is 0. The Morgan fingerprint density at radius 1 is 1.36 bits per heavy atom. The number of hydrogen-bond acceptors (Lipinski definition) is 2. The second-order valence-electron chi connectivity index (χ2n) is 2.48. The molecule has 0 atom stereocenters. The molecule has 0 saturated heterocycles. The van der Waals surface area contributed by atoms with Gasteiger partial charge < -0.3 is 9.84 Å². The summed E-state index contributed by atoms with van der Waals surface area (Å²) in [5.41, 5.74) is 0.856. The molecule has 1 N–H and O–H groups in total. The van der Waals surface area contributed by atoms with Gasteiger partial charge in [0.05, 0.1) is 6.61 Å². The molecule has 0 fully saturated rings. The SMILES string of the molecule is C=C(C)C(=C)OCCCCO. The molecule has 0 amide bonds. The van der Waals surface area contributed by atoms with Gasteiger partial charge in [-0.3, -0.25) is 0 Å². The first-order valence-corrected chi connectivity index (χ1v) is 3.77. The van der Waals surface area contributed by atoms with Crippen molar-refractivity contribution in [3.63, 3.8) is 0 Å². The molecule has 0 aliphatic rings. The maximum atomic E-state index is 8.45. The lowest BCUT2D eigenvalue weighted by Gasteiger charge is -2.07. The maximum absolute atomic E-state index is 8.45. The molecule has 2 nitrogen and oxygen atoms in total. The second-order valence-corrected chi connectivity index (χ2v) is 2.48. The van der Waals surface area contributed by atoms with Crippen molar-refractivity contribution < 1.29 is 9.84 Å². The zero-order chi connectivity index (χ0) is 8.69. The van der Waals surface area contributed by atoms with Crippen molar-refractivity contribution in [1.82, 2.24) is 0 Å². The number of ether oxygens (including phenoxy) is 1. The van der Waals surface area contributed by atoms with E-state index >= 15 is 0 Å². The molecule has 0 aliphatic carbocycles. The summed E-state index contributed by atoms with van der Waals surface area (Å²) in [6.07, 6.45) is 1.65. The largest absolute Gasteiger partial charge is 0.494 e. The molecule has 0 aromatic carbocycles. The van der Waals surface area contributed by atoms with Crippen molar-refractivity contribution in [2.45, 2.75) is 19.8 Å². The quantitative estimate of drug-likeness (QED) is 0.361. The number of allylic oxidation sites excluding steroid dienone is 1. The third-order valence-electron chi connectivity index (χ3n) is 1.30.